The minimum absolute atomic E-state index is 0.252. The van der Waals surface area contributed by atoms with Gasteiger partial charge in [-0.3, -0.25) is 9.78 Å². The minimum atomic E-state index is -0.675. The number of rotatable bonds is 5. The van der Waals surface area contributed by atoms with E-state index in [2.05, 4.69) is 25.6 Å². The van der Waals surface area contributed by atoms with E-state index in [1.165, 1.54) is 18.3 Å². The first-order valence-corrected chi connectivity index (χ1v) is 10.6. The van der Waals surface area contributed by atoms with Crippen LogP contribution in [-0.4, -0.2) is 39.1 Å². The fourth-order valence-electron chi connectivity index (χ4n) is 3.46. The number of ether oxygens (including phenoxy) is 1. The number of carbonyl (C=O) groups excluding carboxylic acids is 2. The van der Waals surface area contributed by atoms with Crippen molar-refractivity contribution in [3.05, 3.63) is 66.9 Å². The molecule has 0 saturated carbocycles. The molecule has 0 radical (unpaired) electrons. The number of nitrogens with zero attached hydrogens (tertiary/aromatic N) is 2. The lowest BCUT2D eigenvalue weighted by Gasteiger charge is -2.19. The third-order valence-corrected chi connectivity index (χ3v) is 4.83. The average Bonchev–Trinajstić information content (AvgIpc) is 3.16. The van der Waals surface area contributed by atoms with Gasteiger partial charge in [0.2, 0.25) is 5.91 Å². The Hall–Kier alpha value is -4.27. The van der Waals surface area contributed by atoms with Crippen LogP contribution in [0.15, 0.2) is 61.1 Å². The highest BCUT2D eigenvalue weighted by Gasteiger charge is 2.18. The molecule has 0 spiro atoms. The van der Waals surface area contributed by atoms with E-state index in [1.54, 1.807) is 51.4 Å². The van der Waals surface area contributed by atoms with E-state index in [-0.39, 0.29) is 12.4 Å². The Balaban J connectivity index is 1.63. The molecule has 9 heteroatoms. The van der Waals surface area contributed by atoms with Crippen molar-refractivity contribution in [2.45, 2.75) is 26.4 Å². The second-order valence-electron chi connectivity index (χ2n) is 8.64. The van der Waals surface area contributed by atoms with Crippen LogP contribution in [0.4, 0.5) is 14.9 Å². The lowest BCUT2D eigenvalue weighted by atomic mass is 9.99. The molecular formula is C25H24FN5O3. The maximum absolute atomic E-state index is 13.5. The van der Waals surface area contributed by atoms with E-state index in [1.807, 2.05) is 12.1 Å². The van der Waals surface area contributed by atoms with Crippen LogP contribution in [0.2, 0.25) is 0 Å². The molecule has 8 nitrogen and oxygen atoms in total. The van der Waals surface area contributed by atoms with Crippen molar-refractivity contribution in [1.82, 2.24) is 20.3 Å². The number of fused-ring (bicyclic) bond motifs is 1. The van der Waals surface area contributed by atoms with Gasteiger partial charge in [-0.15, -0.1) is 0 Å². The van der Waals surface area contributed by atoms with Gasteiger partial charge in [-0.1, -0.05) is 0 Å². The maximum atomic E-state index is 13.5. The lowest BCUT2D eigenvalue weighted by molar-refractivity contribution is -0.115. The van der Waals surface area contributed by atoms with Gasteiger partial charge in [-0.2, -0.15) is 0 Å². The van der Waals surface area contributed by atoms with E-state index >= 15 is 0 Å². The van der Waals surface area contributed by atoms with Gasteiger partial charge in [0.05, 0.1) is 17.6 Å². The van der Waals surface area contributed by atoms with Gasteiger partial charge in [0, 0.05) is 23.3 Å². The van der Waals surface area contributed by atoms with Crippen molar-refractivity contribution in [2.24, 2.45) is 0 Å². The summed E-state index contributed by atoms with van der Waals surface area (Å²) in [5, 5.41) is 5.93. The summed E-state index contributed by atoms with van der Waals surface area (Å²) in [5.74, 6) is -0.750. The molecule has 3 heterocycles. The Kier molecular flexibility index (Phi) is 6.27. The average molecular weight is 461 g/mol. The molecule has 1 aromatic carbocycles. The predicted octanol–water partition coefficient (Wildman–Crippen LogP) is 4.89. The Morgan fingerprint density at radius 2 is 1.76 bits per heavy atom. The highest BCUT2D eigenvalue weighted by atomic mass is 19.1. The van der Waals surface area contributed by atoms with Gasteiger partial charge in [-0.05, 0) is 74.4 Å². The summed E-state index contributed by atoms with van der Waals surface area (Å²) >= 11 is 0. The largest absolute Gasteiger partial charge is 0.444 e. The second kappa shape index (κ2) is 9.30. The number of anilines is 1. The van der Waals surface area contributed by atoms with E-state index in [9.17, 15) is 14.0 Å². The fourth-order valence-corrected chi connectivity index (χ4v) is 3.46. The first-order valence-electron chi connectivity index (χ1n) is 10.6. The Morgan fingerprint density at radius 3 is 2.44 bits per heavy atom. The lowest BCUT2D eigenvalue weighted by Crippen LogP contribution is -2.37. The number of hydrogen-bond acceptors (Lipinski definition) is 5. The number of hydrogen-bond donors (Lipinski definition) is 3. The third kappa shape index (κ3) is 5.37. The molecule has 4 aromatic rings. The van der Waals surface area contributed by atoms with Crippen LogP contribution in [0.5, 0.6) is 0 Å². The Bertz CT molecular complexity index is 1330. The topological polar surface area (TPSA) is 109 Å². The van der Waals surface area contributed by atoms with Crippen molar-refractivity contribution in [3.8, 4) is 22.4 Å². The molecule has 0 bridgehead atoms. The summed E-state index contributed by atoms with van der Waals surface area (Å²) in [5.41, 5.74) is 3.70. The first-order chi connectivity index (χ1) is 16.2. The summed E-state index contributed by atoms with van der Waals surface area (Å²) in [6.07, 6.45) is 4.22. The molecule has 4 rings (SSSR count). The number of benzene rings is 1. The summed E-state index contributed by atoms with van der Waals surface area (Å²) in [7, 11) is 0. The predicted molar refractivity (Wildman–Crippen MR) is 128 cm³/mol. The van der Waals surface area contributed by atoms with E-state index < -0.39 is 17.6 Å². The zero-order valence-electron chi connectivity index (χ0n) is 19.0. The summed E-state index contributed by atoms with van der Waals surface area (Å²) in [6, 6.07) is 11.7. The van der Waals surface area contributed by atoms with E-state index in [0.29, 0.717) is 11.3 Å². The monoisotopic (exact) mass is 461 g/mol. The molecule has 174 valence electrons. The van der Waals surface area contributed by atoms with Crippen LogP contribution < -0.4 is 10.6 Å². The SMILES string of the molecule is CC(C)(C)OC(=O)NCC(=O)Nc1cnc2[nH]c(-c3ccc(F)cc3)c(-c3ccncc3)c2c1. The van der Waals surface area contributed by atoms with Gasteiger partial charge in [0.15, 0.2) is 0 Å². The number of aromatic nitrogens is 3. The van der Waals surface area contributed by atoms with Crippen LogP contribution in [0.1, 0.15) is 20.8 Å². The molecule has 34 heavy (non-hydrogen) atoms. The zero-order valence-corrected chi connectivity index (χ0v) is 19.0. The van der Waals surface area contributed by atoms with Gasteiger partial charge in [-0.25, -0.2) is 14.2 Å². The molecule has 0 fully saturated rings. The van der Waals surface area contributed by atoms with Crippen molar-refractivity contribution < 1.29 is 18.7 Å². The van der Waals surface area contributed by atoms with Crippen LogP contribution in [0.3, 0.4) is 0 Å². The number of alkyl carbamates (subject to hydrolysis) is 1. The number of pyridine rings is 2. The fraction of sp³-hybridized carbons (Fsp3) is 0.200. The summed E-state index contributed by atoms with van der Waals surface area (Å²) in [4.78, 5) is 36.0. The maximum Gasteiger partial charge on any atom is 0.408 e. The normalized spacial score (nSPS) is 11.3. The van der Waals surface area contributed by atoms with Gasteiger partial charge in [0.25, 0.3) is 0 Å². The molecule has 0 saturated heterocycles. The summed E-state index contributed by atoms with van der Waals surface area (Å²) in [6.45, 7) is 4.97. The number of carbonyl (C=O) groups is 2. The van der Waals surface area contributed by atoms with Crippen molar-refractivity contribution in [1.29, 1.82) is 0 Å². The molecule has 2 amide bonds. The second-order valence-corrected chi connectivity index (χ2v) is 8.64. The van der Waals surface area contributed by atoms with Crippen molar-refractivity contribution in [2.75, 3.05) is 11.9 Å². The quantitative estimate of drug-likeness (QED) is 0.392. The molecular weight excluding hydrogens is 437 g/mol. The molecule has 3 aromatic heterocycles. The number of amides is 2. The molecule has 0 unspecified atom stereocenters. The molecule has 0 atom stereocenters. The van der Waals surface area contributed by atoms with Gasteiger partial charge < -0.3 is 20.4 Å². The molecule has 0 aliphatic rings. The van der Waals surface area contributed by atoms with Crippen LogP contribution >= 0.6 is 0 Å². The standard InChI is InChI=1S/C25H24FN5O3/c1-25(2,3)34-24(33)29-14-20(32)30-18-12-19-21(15-8-10-27-11-9-15)22(31-23(19)28-13-18)16-4-6-17(26)7-5-16/h4-13H,14H2,1-3H3,(H,28,31)(H,29,33)(H,30,32). The summed E-state index contributed by atoms with van der Waals surface area (Å²) < 4.78 is 18.6. The van der Waals surface area contributed by atoms with E-state index in [0.717, 1.165) is 27.8 Å². The van der Waals surface area contributed by atoms with Crippen LogP contribution in [0.25, 0.3) is 33.4 Å². The minimum Gasteiger partial charge on any atom is -0.444 e. The van der Waals surface area contributed by atoms with Crippen molar-refractivity contribution >= 4 is 28.7 Å². The number of H-pyrrole nitrogens is 1. The van der Waals surface area contributed by atoms with Crippen LogP contribution in [-0.2, 0) is 9.53 Å². The Morgan fingerprint density at radius 1 is 1.06 bits per heavy atom. The smallest absolute Gasteiger partial charge is 0.408 e. The third-order valence-electron chi connectivity index (χ3n) is 4.83. The number of aromatic amines is 1. The zero-order chi connectivity index (χ0) is 24.3. The molecule has 0 aliphatic heterocycles. The van der Waals surface area contributed by atoms with Crippen molar-refractivity contribution in [3.63, 3.8) is 0 Å². The number of nitrogens with one attached hydrogen (secondary N) is 3. The van der Waals surface area contributed by atoms with Crippen LogP contribution in [0, 0.1) is 5.82 Å². The number of halogens is 1. The molecule has 3 N–H and O–H groups in total. The first kappa shape index (κ1) is 22.9. The van der Waals surface area contributed by atoms with Gasteiger partial charge in [0.1, 0.15) is 23.6 Å². The van der Waals surface area contributed by atoms with E-state index in [4.69, 9.17) is 4.74 Å². The highest BCUT2D eigenvalue weighted by molar-refractivity contribution is 6.04. The van der Waals surface area contributed by atoms with Gasteiger partial charge >= 0.3 is 6.09 Å². The molecule has 0 aliphatic carbocycles. The Labute approximate surface area is 195 Å². The highest BCUT2D eigenvalue weighted by Crippen LogP contribution is 2.38.